The van der Waals surface area contributed by atoms with E-state index in [2.05, 4.69) is 5.16 Å². The van der Waals surface area contributed by atoms with E-state index in [1.54, 1.807) is 24.3 Å². The van der Waals surface area contributed by atoms with Crippen LogP contribution in [0.5, 0.6) is 5.75 Å². The molecule has 0 aromatic heterocycles. The molecule has 0 fully saturated rings. The van der Waals surface area contributed by atoms with Crippen LogP contribution in [0.4, 0.5) is 8.78 Å². The van der Waals surface area contributed by atoms with E-state index in [-0.39, 0.29) is 24.3 Å². The highest BCUT2D eigenvalue weighted by Crippen LogP contribution is 2.20. The fourth-order valence-corrected chi connectivity index (χ4v) is 3.93. The molecule has 1 N–H and O–H groups in total. The monoisotopic (exact) mass is 466 g/mol. The molecule has 0 radical (unpaired) electrons. The van der Waals surface area contributed by atoms with Gasteiger partial charge >= 0.3 is 0 Å². The summed E-state index contributed by atoms with van der Waals surface area (Å²) in [5, 5.41) is 14.9. The second-order valence-electron chi connectivity index (χ2n) is 8.53. The van der Waals surface area contributed by atoms with Crippen molar-refractivity contribution >= 4 is 5.71 Å². The van der Waals surface area contributed by atoms with Gasteiger partial charge in [-0.3, -0.25) is 4.90 Å². The number of rotatable bonds is 10. The minimum atomic E-state index is -0.737. The molecule has 34 heavy (non-hydrogen) atoms. The van der Waals surface area contributed by atoms with Crippen molar-refractivity contribution in [2.24, 2.45) is 5.16 Å². The van der Waals surface area contributed by atoms with Crippen LogP contribution in [0.25, 0.3) is 0 Å². The molecule has 0 amide bonds. The number of aliphatic hydroxyl groups excluding tert-OH is 1. The lowest BCUT2D eigenvalue weighted by Crippen LogP contribution is -2.39. The summed E-state index contributed by atoms with van der Waals surface area (Å²) in [6, 6.07) is 20.1. The van der Waals surface area contributed by atoms with Gasteiger partial charge in [-0.15, -0.1) is 0 Å². The van der Waals surface area contributed by atoms with E-state index in [4.69, 9.17) is 9.57 Å². The first kappa shape index (κ1) is 23.9. The summed E-state index contributed by atoms with van der Waals surface area (Å²) in [7, 11) is 0. The van der Waals surface area contributed by atoms with E-state index >= 15 is 0 Å². The van der Waals surface area contributed by atoms with Gasteiger partial charge in [0.1, 0.15) is 36.2 Å². The smallest absolute Gasteiger partial charge is 0.145 e. The highest BCUT2D eigenvalue weighted by atomic mass is 19.1. The van der Waals surface area contributed by atoms with Crippen LogP contribution >= 0.6 is 0 Å². The Labute approximate surface area is 198 Å². The zero-order valence-corrected chi connectivity index (χ0v) is 19.0. The number of hydrogen-bond donors (Lipinski definition) is 1. The molecule has 0 aliphatic carbocycles. The van der Waals surface area contributed by atoms with E-state index in [1.807, 2.05) is 36.1 Å². The molecule has 1 heterocycles. The summed E-state index contributed by atoms with van der Waals surface area (Å²) in [6.45, 7) is 3.46. The highest BCUT2D eigenvalue weighted by molar-refractivity contribution is 6.01. The second-order valence-corrected chi connectivity index (χ2v) is 8.53. The average Bonchev–Trinajstić information content (AvgIpc) is 3.29. The Hall–Kier alpha value is -3.29. The van der Waals surface area contributed by atoms with Gasteiger partial charge < -0.3 is 14.7 Å². The first-order valence-electron chi connectivity index (χ1n) is 11.3. The Bertz CT molecular complexity index is 1100. The van der Waals surface area contributed by atoms with Crippen LogP contribution in [0.1, 0.15) is 23.1 Å². The van der Waals surface area contributed by atoms with Crippen LogP contribution in [0, 0.1) is 18.6 Å². The molecule has 3 aromatic carbocycles. The molecule has 0 saturated carbocycles. The van der Waals surface area contributed by atoms with Crippen molar-refractivity contribution in [2.45, 2.75) is 32.1 Å². The van der Waals surface area contributed by atoms with Crippen molar-refractivity contribution < 1.29 is 23.5 Å². The number of ether oxygens (including phenoxy) is 1. The SMILES string of the molecule is Cc1ccccc1OC[C@@H](O)CN(Cc1ccc(F)cc1)C[C@@H]1CC(c2ccc(F)cc2)=NO1. The van der Waals surface area contributed by atoms with Crippen molar-refractivity contribution in [1.29, 1.82) is 0 Å². The van der Waals surface area contributed by atoms with Gasteiger partial charge in [-0.2, -0.15) is 0 Å². The van der Waals surface area contributed by atoms with Gasteiger partial charge in [0, 0.05) is 26.1 Å². The Morgan fingerprint density at radius 2 is 1.71 bits per heavy atom. The maximum atomic E-state index is 13.4. The topological polar surface area (TPSA) is 54.3 Å². The third-order valence-electron chi connectivity index (χ3n) is 5.69. The van der Waals surface area contributed by atoms with Gasteiger partial charge in [-0.05, 0) is 53.9 Å². The molecule has 7 heteroatoms. The largest absolute Gasteiger partial charge is 0.491 e. The van der Waals surface area contributed by atoms with E-state index in [0.29, 0.717) is 26.1 Å². The third kappa shape index (κ3) is 6.62. The molecule has 1 aliphatic heterocycles. The quantitative estimate of drug-likeness (QED) is 0.470. The molecule has 5 nitrogen and oxygen atoms in total. The second kappa shape index (κ2) is 11.2. The fraction of sp³-hybridized carbons (Fsp3) is 0.296. The van der Waals surface area contributed by atoms with Crippen LogP contribution in [0.3, 0.4) is 0 Å². The molecule has 3 aromatic rings. The summed E-state index contributed by atoms with van der Waals surface area (Å²) >= 11 is 0. The van der Waals surface area contributed by atoms with E-state index < -0.39 is 6.10 Å². The van der Waals surface area contributed by atoms with Crippen LogP contribution in [-0.2, 0) is 11.4 Å². The number of nitrogens with zero attached hydrogens (tertiary/aromatic N) is 2. The van der Waals surface area contributed by atoms with Crippen molar-refractivity contribution in [3.05, 3.63) is 101 Å². The number of hydrogen-bond acceptors (Lipinski definition) is 5. The molecule has 0 saturated heterocycles. The van der Waals surface area contributed by atoms with Crippen LogP contribution in [0.15, 0.2) is 78.0 Å². The zero-order chi connectivity index (χ0) is 23.9. The molecular formula is C27H28F2N2O3. The number of benzene rings is 3. The predicted molar refractivity (Wildman–Crippen MR) is 127 cm³/mol. The van der Waals surface area contributed by atoms with Gasteiger partial charge in [-0.1, -0.05) is 47.6 Å². The van der Waals surface area contributed by atoms with Crippen molar-refractivity contribution in [3.63, 3.8) is 0 Å². The van der Waals surface area contributed by atoms with Crippen molar-refractivity contribution in [2.75, 3.05) is 19.7 Å². The van der Waals surface area contributed by atoms with Crippen molar-refractivity contribution in [1.82, 2.24) is 4.90 Å². The third-order valence-corrected chi connectivity index (χ3v) is 5.69. The van der Waals surface area contributed by atoms with E-state index in [9.17, 15) is 13.9 Å². The minimum absolute atomic E-state index is 0.146. The summed E-state index contributed by atoms with van der Waals surface area (Å²) in [6.07, 6.45) is -0.384. The first-order valence-corrected chi connectivity index (χ1v) is 11.3. The number of aryl methyl sites for hydroxylation is 1. The normalized spacial score (nSPS) is 16.3. The van der Waals surface area contributed by atoms with Gasteiger partial charge in [0.25, 0.3) is 0 Å². The predicted octanol–water partition coefficient (Wildman–Crippen LogP) is 4.71. The van der Waals surface area contributed by atoms with Gasteiger partial charge in [0.2, 0.25) is 0 Å². The van der Waals surface area contributed by atoms with Gasteiger partial charge in [-0.25, -0.2) is 8.78 Å². The van der Waals surface area contributed by atoms with Crippen molar-refractivity contribution in [3.8, 4) is 5.75 Å². The van der Waals surface area contributed by atoms with Gasteiger partial charge in [0.15, 0.2) is 0 Å². The molecule has 4 rings (SSSR count). The van der Waals surface area contributed by atoms with Crippen LogP contribution in [0.2, 0.25) is 0 Å². The summed E-state index contributed by atoms with van der Waals surface area (Å²) < 4.78 is 32.4. The molecule has 1 aliphatic rings. The number of aliphatic hydroxyl groups is 1. The maximum Gasteiger partial charge on any atom is 0.145 e. The van der Waals surface area contributed by atoms with Crippen LogP contribution < -0.4 is 4.74 Å². The Morgan fingerprint density at radius 1 is 1.03 bits per heavy atom. The Morgan fingerprint density at radius 3 is 2.41 bits per heavy atom. The number of para-hydroxylation sites is 1. The summed E-state index contributed by atoms with van der Waals surface area (Å²) in [5.41, 5.74) is 3.50. The van der Waals surface area contributed by atoms with Gasteiger partial charge in [0.05, 0.1) is 5.71 Å². The molecule has 178 valence electrons. The first-order chi connectivity index (χ1) is 16.5. The lowest BCUT2D eigenvalue weighted by Gasteiger charge is -2.27. The Balaban J connectivity index is 1.38. The average molecular weight is 467 g/mol. The lowest BCUT2D eigenvalue weighted by molar-refractivity contribution is 0.0212. The molecular weight excluding hydrogens is 438 g/mol. The maximum absolute atomic E-state index is 13.4. The summed E-state index contributed by atoms with van der Waals surface area (Å²) in [4.78, 5) is 7.69. The Kier molecular flexibility index (Phi) is 7.87. The minimum Gasteiger partial charge on any atom is -0.491 e. The standard InChI is InChI=1S/C27H28F2N2O3/c1-19-4-2-3-5-27(19)33-18-24(32)16-31(15-20-6-10-22(28)11-7-20)17-25-14-26(30-34-25)21-8-12-23(29)13-9-21/h2-13,24-25,32H,14-18H2,1H3/t24-,25-/m0/s1. The zero-order valence-electron chi connectivity index (χ0n) is 19.0. The highest BCUT2D eigenvalue weighted by Gasteiger charge is 2.26. The number of halogens is 2. The summed E-state index contributed by atoms with van der Waals surface area (Å²) in [5.74, 6) is 0.147. The fourth-order valence-electron chi connectivity index (χ4n) is 3.93. The molecule has 2 atom stereocenters. The van der Waals surface area contributed by atoms with Crippen LogP contribution in [-0.4, -0.2) is 47.6 Å². The van der Waals surface area contributed by atoms with E-state index in [0.717, 1.165) is 28.2 Å². The molecule has 0 unspecified atom stereocenters. The lowest BCUT2D eigenvalue weighted by atomic mass is 10.0. The number of oxime groups is 1. The molecule has 0 spiro atoms. The molecule has 0 bridgehead atoms. The van der Waals surface area contributed by atoms with E-state index in [1.165, 1.54) is 24.3 Å².